The van der Waals surface area contributed by atoms with Gasteiger partial charge in [0, 0.05) is 19.6 Å². The number of carbonyl (C=O) groups excluding carboxylic acids is 2. The number of benzene rings is 1. The number of ether oxygens (including phenoxy) is 1. The summed E-state index contributed by atoms with van der Waals surface area (Å²) in [6.45, 7) is 5.46. The summed E-state index contributed by atoms with van der Waals surface area (Å²) in [5, 5.41) is 2.74. The molecule has 0 radical (unpaired) electrons. The molecule has 20 heavy (non-hydrogen) atoms. The van der Waals surface area contributed by atoms with Gasteiger partial charge in [-0.15, -0.1) is 0 Å². The summed E-state index contributed by atoms with van der Waals surface area (Å²) in [5.41, 5.74) is 0.967. The predicted molar refractivity (Wildman–Crippen MR) is 77.4 cm³/mol. The molecule has 0 saturated carbocycles. The Morgan fingerprint density at radius 1 is 1.15 bits per heavy atom. The van der Waals surface area contributed by atoms with E-state index in [4.69, 9.17) is 4.74 Å². The molecule has 110 valence electrons. The van der Waals surface area contributed by atoms with E-state index in [9.17, 15) is 9.59 Å². The zero-order chi connectivity index (χ0) is 15.0. The Hall–Kier alpha value is -2.04. The zero-order valence-electron chi connectivity index (χ0n) is 12.3. The number of amides is 2. The average molecular weight is 278 g/mol. The summed E-state index contributed by atoms with van der Waals surface area (Å²) in [4.78, 5) is 25.1. The van der Waals surface area contributed by atoms with Crippen LogP contribution in [0, 0.1) is 0 Å². The van der Waals surface area contributed by atoms with E-state index in [1.165, 1.54) is 0 Å². The second-order valence-corrected chi connectivity index (χ2v) is 4.37. The highest BCUT2D eigenvalue weighted by Gasteiger charge is 2.14. The minimum Gasteiger partial charge on any atom is -0.497 e. The standard InChI is InChI=1S/C15H22N2O3/c1-4-17(5-2)15(19)10-14(18)16-11-12-6-8-13(20-3)9-7-12/h6-9H,4-5,10-11H2,1-3H3,(H,16,18). The number of methoxy groups -OCH3 is 1. The van der Waals surface area contributed by atoms with E-state index in [2.05, 4.69) is 5.32 Å². The largest absolute Gasteiger partial charge is 0.497 e. The van der Waals surface area contributed by atoms with Crippen molar-refractivity contribution in [3.8, 4) is 5.75 Å². The predicted octanol–water partition coefficient (Wildman–Crippen LogP) is 1.57. The van der Waals surface area contributed by atoms with Crippen molar-refractivity contribution in [1.82, 2.24) is 10.2 Å². The number of carbonyl (C=O) groups is 2. The highest BCUT2D eigenvalue weighted by Crippen LogP contribution is 2.10. The molecule has 1 aromatic rings. The molecule has 5 heteroatoms. The van der Waals surface area contributed by atoms with Crippen LogP contribution in [0.3, 0.4) is 0 Å². The Labute approximate surface area is 119 Å². The van der Waals surface area contributed by atoms with Crippen molar-refractivity contribution in [2.75, 3.05) is 20.2 Å². The molecule has 0 unspecified atom stereocenters. The minimum atomic E-state index is -0.252. The molecular weight excluding hydrogens is 256 g/mol. The van der Waals surface area contributed by atoms with Crippen LogP contribution in [0.25, 0.3) is 0 Å². The van der Waals surface area contributed by atoms with Gasteiger partial charge < -0.3 is 15.0 Å². The molecule has 0 atom stereocenters. The quantitative estimate of drug-likeness (QED) is 0.770. The van der Waals surface area contributed by atoms with Gasteiger partial charge in [0.2, 0.25) is 11.8 Å². The third-order valence-corrected chi connectivity index (χ3v) is 3.08. The number of hydrogen-bond acceptors (Lipinski definition) is 3. The van der Waals surface area contributed by atoms with Gasteiger partial charge in [-0.2, -0.15) is 0 Å². The van der Waals surface area contributed by atoms with E-state index in [-0.39, 0.29) is 18.2 Å². The number of nitrogens with one attached hydrogen (secondary N) is 1. The monoisotopic (exact) mass is 278 g/mol. The summed E-state index contributed by atoms with van der Waals surface area (Å²) in [5.74, 6) is 0.386. The highest BCUT2D eigenvalue weighted by atomic mass is 16.5. The summed E-state index contributed by atoms with van der Waals surface area (Å²) in [6, 6.07) is 7.43. The molecule has 2 amide bonds. The van der Waals surface area contributed by atoms with Crippen molar-refractivity contribution in [3.05, 3.63) is 29.8 Å². The second-order valence-electron chi connectivity index (χ2n) is 4.37. The molecule has 5 nitrogen and oxygen atoms in total. The molecule has 0 heterocycles. The summed E-state index contributed by atoms with van der Waals surface area (Å²) in [7, 11) is 1.61. The van der Waals surface area contributed by atoms with Crippen LogP contribution in [-0.4, -0.2) is 36.9 Å². The highest BCUT2D eigenvalue weighted by molar-refractivity contribution is 5.96. The van der Waals surface area contributed by atoms with E-state index < -0.39 is 0 Å². The van der Waals surface area contributed by atoms with Crippen molar-refractivity contribution in [2.45, 2.75) is 26.8 Å². The van der Waals surface area contributed by atoms with Crippen molar-refractivity contribution in [2.24, 2.45) is 0 Å². The van der Waals surface area contributed by atoms with Gasteiger partial charge in [0.25, 0.3) is 0 Å². The summed E-state index contributed by atoms with van der Waals surface area (Å²) < 4.78 is 5.06. The van der Waals surface area contributed by atoms with Gasteiger partial charge in [-0.1, -0.05) is 12.1 Å². The Kier molecular flexibility index (Phi) is 6.56. The van der Waals surface area contributed by atoms with E-state index in [1.807, 2.05) is 38.1 Å². The maximum atomic E-state index is 11.8. The lowest BCUT2D eigenvalue weighted by molar-refractivity contribution is -0.135. The first-order valence-corrected chi connectivity index (χ1v) is 6.78. The molecule has 0 bridgehead atoms. The van der Waals surface area contributed by atoms with E-state index in [1.54, 1.807) is 12.0 Å². The topological polar surface area (TPSA) is 58.6 Å². The van der Waals surface area contributed by atoms with E-state index in [0.717, 1.165) is 11.3 Å². The fourth-order valence-electron chi connectivity index (χ4n) is 1.83. The maximum Gasteiger partial charge on any atom is 0.231 e. The Bertz CT molecular complexity index is 439. The fourth-order valence-corrected chi connectivity index (χ4v) is 1.83. The molecular formula is C15H22N2O3. The molecule has 1 aromatic carbocycles. The van der Waals surface area contributed by atoms with Gasteiger partial charge in [0.1, 0.15) is 12.2 Å². The molecule has 1 N–H and O–H groups in total. The Balaban J connectivity index is 2.40. The van der Waals surface area contributed by atoms with Crippen molar-refractivity contribution in [3.63, 3.8) is 0 Å². The lowest BCUT2D eigenvalue weighted by atomic mass is 10.2. The first-order valence-electron chi connectivity index (χ1n) is 6.78. The first kappa shape index (κ1) is 16.0. The Morgan fingerprint density at radius 3 is 2.25 bits per heavy atom. The van der Waals surface area contributed by atoms with Crippen molar-refractivity contribution >= 4 is 11.8 Å². The van der Waals surface area contributed by atoms with Crippen molar-refractivity contribution < 1.29 is 14.3 Å². The van der Waals surface area contributed by atoms with Crippen LogP contribution in [0.15, 0.2) is 24.3 Å². The summed E-state index contributed by atoms with van der Waals surface area (Å²) in [6.07, 6.45) is -0.0994. The minimum absolute atomic E-state index is 0.0994. The van der Waals surface area contributed by atoms with E-state index in [0.29, 0.717) is 19.6 Å². The van der Waals surface area contributed by atoms with Gasteiger partial charge in [-0.25, -0.2) is 0 Å². The lowest BCUT2D eigenvalue weighted by Gasteiger charge is -2.18. The van der Waals surface area contributed by atoms with Crippen LogP contribution < -0.4 is 10.1 Å². The smallest absolute Gasteiger partial charge is 0.231 e. The fraction of sp³-hybridized carbons (Fsp3) is 0.467. The van der Waals surface area contributed by atoms with Crippen LogP contribution >= 0.6 is 0 Å². The normalized spacial score (nSPS) is 9.95. The summed E-state index contributed by atoms with van der Waals surface area (Å²) >= 11 is 0. The number of rotatable bonds is 7. The third-order valence-electron chi connectivity index (χ3n) is 3.08. The lowest BCUT2D eigenvalue weighted by Crippen LogP contribution is -2.35. The molecule has 1 rings (SSSR count). The number of hydrogen-bond donors (Lipinski definition) is 1. The van der Waals surface area contributed by atoms with Crippen molar-refractivity contribution in [1.29, 1.82) is 0 Å². The van der Waals surface area contributed by atoms with Crippen LogP contribution in [-0.2, 0) is 16.1 Å². The first-order chi connectivity index (χ1) is 9.60. The second kappa shape index (κ2) is 8.19. The third kappa shape index (κ3) is 4.91. The SMILES string of the molecule is CCN(CC)C(=O)CC(=O)NCc1ccc(OC)cc1. The molecule has 0 fully saturated rings. The van der Waals surface area contributed by atoms with Gasteiger partial charge in [0.15, 0.2) is 0 Å². The maximum absolute atomic E-state index is 11.8. The Morgan fingerprint density at radius 2 is 1.75 bits per heavy atom. The zero-order valence-corrected chi connectivity index (χ0v) is 12.3. The molecule has 0 aliphatic rings. The molecule has 0 aliphatic heterocycles. The molecule has 0 spiro atoms. The van der Waals surface area contributed by atoms with Gasteiger partial charge in [-0.3, -0.25) is 9.59 Å². The molecule has 0 aliphatic carbocycles. The van der Waals surface area contributed by atoms with Crippen LogP contribution in [0.4, 0.5) is 0 Å². The van der Waals surface area contributed by atoms with Crippen LogP contribution in [0.2, 0.25) is 0 Å². The van der Waals surface area contributed by atoms with Gasteiger partial charge in [-0.05, 0) is 31.5 Å². The molecule has 0 saturated heterocycles. The van der Waals surface area contributed by atoms with E-state index >= 15 is 0 Å². The van der Waals surface area contributed by atoms with Crippen LogP contribution in [0.1, 0.15) is 25.8 Å². The molecule has 0 aromatic heterocycles. The average Bonchev–Trinajstić information content (AvgIpc) is 2.47. The van der Waals surface area contributed by atoms with Crippen LogP contribution in [0.5, 0.6) is 5.75 Å². The number of nitrogens with zero attached hydrogens (tertiary/aromatic N) is 1. The van der Waals surface area contributed by atoms with Gasteiger partial charge in [0.05, 0.1) is 7.11 Å². The van der Waals surface area contributed by atoms with Gasteiger partial charge >= 0.3 is 0 Å².